The van der Waals surface area contributed by atoms with Crippen LogP contribution in [0.5, 0.6) is 11.5 Å². The van der Waals surface area contributed by atoms with Crippen molar-refractivity contribution in [3.05, 3.63) is 71.8 Å². The first-order chi connectivity index (χ1) is 19.1. The Hall–Kier alpha value is -2.74. The Morgan fingerprint density at radius 1 is 1.07 bits per heavy atom. The standard InChI is InChI=1S/C24H28F3NO2S.C4H6O.2C2H6/c1-3-4-5-22-21-16-20(30-19-10-7-18(8-11-19)24(25,26)27)9-6-17(21)12-14-28(22)23(29)13-15-31-2;1-3-4(2)5;2*1-2/h6-11,16,22H,3-5,12-15H2,1-2H3;3H,1H2,2H3;2*1-2H3/t22-;;;/m1.../s1. The van der Waals surface area contributed by atoms with E-state index in [0.717, 1.165) is 49.1 Å². The van der Waals surface area contributed by atoms with Crippen LogP contribution in [0.4, 0.5) is 13.2 Å². The predicted molar refractivity (Wildman–Crippen MR) is 162 cm³/mol. The summed E-state index contributed by atoms with van der Waals surface area (Å²) in [6.07, 6.45) is 3.17. The van der Waals surface area contributed by atoms with Crippen LogP contribution < -0.4 is 4.74 Å². The van der Waals surface area contributed by atoms with E-state index in [1.165, 1.54) is 30.7 Å². The zero-order valence-corrected chi connectivity index (χ0v) is 25.9. The number of ketones is 1. The van der Waals surface area contributed by atoms with Gasteiger partial charge in [-0.1, -0.05) is 60.1 Å². The van der Waals surface area contributed by atoms with E-state index in [0.29, 0.717) is 24.5 Å². The van der Waals surface area contributed by atoms with Gasteiger partial charge < -0.3 is 9.64 Å². The lowest BCUT2D eigenvalue weighted by molar-refractivity contribution is -0.137. The van der Waals surface area contributed by atoms with Gasteiger partial charge in [-0.3, -0.25) is 9.59 Å². The smallest absolute Gasteiger partial charge is 0.416 e. The molecule has 3 rings (SSSR count). The molecule has 0 aliphatic carbocycles. The van der Waals surface area contributed by atoms with E-state index in [1.807, 2.05) is 57.0 Å². The molecule has 1 aliphatic heterocycles. The summed E-state index contributed by atoms with van der Waals surface area (Å²) in [4.78, 5) is 24.5. The Kier molecular flexibility index (Phi) is 18.8. The van der Waals surface area contributed by atoms with Gasteiger partial charge in [0.05, 0.1) is 11.6 Å². The van der Waals surface area contributed by atoms with Crippen LogP contribution in [0.15, 0.2) is 55.1 Å². The summed E-state index contributed by atoms with van der Waals surface area (Å²) in [5.41, 5.74) is 1.58. The lowest BCUT2D eigenvalue weighted by atomic mass is 9.89. The van der Waals surface area contributed by atoms with Crippen LogP contribution in [0.25, 0.3) is 0 Å². The normalized spacial score (nSPS) is 13.7. The molecule has 0 spiro atoms. The molecule has 1 heterocycles. The minimum Gasteiger partial charge on any atom is -0.457 e. The van der Waals surface area contributed by atoms with Crippen LogP contribution in [0.1, 0.15) is 90.0 Å². The highest BCUT2D eigenvalue weighted by Gasteiger charge is 2.31. The van der Waals surface area contributed by atoms with E-state index in [-0.39, 0.29) is 17.7 Å². The molecule has 1 atom stereocenters. The minimum absolute atomic E-state index is 0.00853. The number of carbonyl (C=O) groups excluding carboxylic acids is 2. The maximum absolute atomic E-state index is 12.8. The monoisotopic (exact) mass is 581 g/mol. The van der Waals surface area contributed by atoms with Crippen molar-refractivity contribution in [1.29, 1.82) is 0 Å². The minimum atomic E-state index is -4.37. The van der Waals surface area contributed by atoms with Gasteiger partial charge in [0.15, 0.2) is 5.78 Å². The largest absolute Gasteiger partial charge is 0.457 e. The maximum atomic E-state index is 12.8. The van der Waals surface area contributed by atoms with Crippen LogP contribution >= 0.6 is 11.8 Å². The Balaban J connectivity index is 0.00000150. The highest BCUT2D eigenvalue weighted by atomic mass is 32.2. The van der Waals surface area contributed by atoms with Crippen molar-refractivity contribution < 1.29 is 27.5 Å². The van der Waals surface area contributed by atoms with Crippen LogP contribution in [0.3, 0.4) is 0 Å². The van der Waals surface area contributed by atoms with Gasteiger partial charge in [-0.15, -0.1) is 0 Å². The lowest BCUT2D eigenvalue weighted by Crippen LogP contribution is -2.40. The average molecular weight is 582 g/mol. The molecular formula is C32H46F3NO3S. The number of carbonyl (C=O) groups is 2. The molecule has 0 saturated carbocycles. The van der Waals surface area contributed by atoms with Crippen molar-refractivity contribution in [3.63, 3.8) is 0 Å². The first kappa shape index (κ1) is 37.3. The summed E-state index contributed by atoms with van der Waals surface area (Å²) in [5, 5.41) is 0. The highest BCUT2D eigenvalue weighted by Crippen LogP contribution is 2.37. The summed E-state index contributed by atoms with van der Waals surface area (Å²) < 4.78 is 44.2. The predicted octanol–water partition coefficient (Wildman–Crippen LogP) is 9.68. The third-order valence-corrected chi connectivity index (χ3v) is 6.46. The van der Waals surface area contributed by atoms with Gasteiger partial charge in [-0.2, -0.15) is 24.9 Å². The quantitative estimate of drug-likeness (QED) is 0.277. The highest BCUT2D eigenvalue weighted by molar-refractivity contribution is 7.98. The van der Waals surface area contributed by atoms with E-state index in [9.17, 15) is 22.8 Å². The van der Waals surface area contributed by atoms with E-state index >= 15 is 0 Å². The van der Waals surface area contributed by atoms with Crippen LogP contribution in [-0.4, -0.2) is 35.1 Å². The Labute approximate surface area is 243 Å². The molecule has 2 aromatic rings. The third-order valence-electron chi connectivity index (χ3n) is 5.85. The van der Waals surface area contributed by atoms with E-state index < -0.39 is 11.7 Å². The first-order valence-electron chi connectivity index (χ1n) is 14.0. The Morgan fingerprint density at radius 3 is 2.15 bits per heavy atom. The SMILES string of the molecule is C=CC(C)=O.CC.CC.CCCC[C@@H]1c2cc(Oc3ccc(C(F)(F)F)cc3)ccc2CCN1C(=O)CCSC. The van der Waals surface area contributed by atoms with Gasteiger partial charge in [0.1, 0.15) is 11.5 Å². The van der Waals surface area contributed by atoms with E-state index in [4.69, 9.17) is 4.74 Å². The average Bonchev–Trinajstić information content (AvgIpc) is 2.96. The van der Waals surface area contributed by atoms with Gasteiger partial charge in [-0.25, -0.2) is 0 Å². The topological polar surface area (TPSA) is 46.6 Å². The maximum Gasteiger partial charge on any atom is 0.416 e. The lowest BCUT2D eigenvalue weighted by Gasteiger charge is -2.38. The second kappa shape index (κ2) is 20.2. The van der Waals surface area contributed by atoms with Crippen molar-refractivity contribution in [1.82, 2.24) is 4.90 Å². The molecule has 1 aliphatic rings. The molecule has 0 radical (unpaired) electrons. The molecule has 2 aromatic carbocycles. The molecule has 0 bridgehead atoms. The zero-order valence-electron chi connectivity index (χ0n) is 25.1. The Morgan fingerprint density at radius 2 is 1.65 bits per heavy atom. The van der Waals surface area contributed by atoms with Crippen molar-refractivity contribution >= 4 is 23.5 Å². The Bertz CT molecular complexity index is 1020. The molecular weight excluding hydrogens is 535 g/mol. The molecule has 224 valence electrons. The second-order valence-corrected chi connectivity index (χ2v) is 9.52. The molecule has 0 saturated heterocycles. The number of unbranched alkanes of at least 4 members (excludes halogenated alkanes) is 1. The fourth-order valence-corrected chi connectivity index (χ4v) is 4.31. The van der Waals surface area contributed by atoms with Crippen LogP contribution in [0.2, 0.25) is 0 Å². The molecule has 0 unspecified atom stereocenters. The number of benzene rings is 2. The van der Waals surface area contributed by atoms with Gasteiger partial charge in [-0.05, 0) is 79.6 Å². The molecule has 0 fully saturated rings. The van der Waals surface area contributed by atoms with Crippen molar-refractivity contribution in [2.45, 2.75) is 85.9 Å². The number of thioether (sulfide) groups is 1. The fourth-order valence-electron chi connectivity index (χ4n) is 3.93. The van der Waals surface area contributed by atoms with Gasteiger partial charge in [0.2, 0.25) is 5.91 Å². The number of hydrogen-bond acceptors (Lipinski definition) is 4. The summed E-state index contributed by atoms with van der Waals surface area (Å²) >= 11 is 1.67. The number of alkyl halides is 3. The molecule has 0 N–H and O–H groups in total. The number of amides is 1. The first-order valence-corrected chi connectivity index (χ1v) is 15.4. The number of rotatable bonds is 9. The van der Waals surface area contributed by atoms with Crippen molar-refractivity contribution in [3.8, 4) is 11.5 Å². The summed E-state index contributed by atoms with van der Waals surface area (Å²) in [6.45, 7) is 15.5. The van der Waals surface area contributed by atoms with Crippen LogP contribution in [0, 0.1) is 0 Å². The molecule has 1 amide bonds. The number of hydrogen-bond donors (Lipinski definition) is 0. The summed E-state index contributed by atoms with van der Waals surface area (Å²) in [5.74, 6) is 1.92. The van der Waals surface area contributed by atoms with Crippen molar-refractivity contribution in [2.75, 3.05) is 18.6 Å². The number of halogens is 3. The van der Waals surface area contributed by atoms with E-state index in [2.05, 4.69) is 13.5 Å². The molecule has 4 nitrogen and oxygen atoms in total. The fraction of sp³-hybridized carbons (Fsp3) is 0.500. The number of ether oxygens (including phenoxy) is 1. The van der Waals surface area contributed by atoms with Gasteiger partial charge in [0.25, 0.3) is 0 Å². The zero-order chi connectivity index (χ0) is 30.7. The second-order valence-electron chi connectivity index (χ2n) is 8.54. The number of fused-ring (bicyclic) bond motifs is 1. The summed E-state index contributed by atoms with van der Waals surface area (Å²) in [6, 6.07) is 10.5. The molecule has 40 heavy (non-hydrogen) atoms. The third kappa shape index (κ3) is 12.6. The number of allylic oxidation sites excluding steroid dienone is 1. The summed E-state index contributed by atoms with van der Waals surface area (Å²) in [7, 11) is 0. The number of nitrogens with zero attached hydrogens (tertiary/aromatic N) is 1. The molecule has 8 heteroatoms. The van der Waals surface area contributed by atoms with Gasteiger partial charge >= 0.3 is 6.18 Å². The van der Waals surface area contributed by atoms with Gasteiger partial charge in [0, 0.05) is 18.7 Å². The van der Waals surface area contributed by atoms with Crippen molar-refractivity contribution in [2.24, 2.45) is 0 Å². The van der Waals surface area contributed by atoms with E-state index in [1.54, 1.807) is 11.8 Å². The molecule has 0 aromatic heterocycles. The van der Waals surface area contributed by atoms with Crippen LogP contribution in [-0.2, 0) is 22.2 Å².